The SMILES string of the molecule is C[C@H](NC(=O)CSC1=NC(=O)[C@@H](c2ccccc2)C(=O)N1)c1ccccc1. The zero-order valence-electron chi connectivity index (χ0n) is 14.7. The van der Waals surface area contributed by atoms with Gasteiger partial charge in [0.25, 0.3) is 5.91 Å². The molecule has 2 atom stereocenters. The predicted octanol–water partition coefficient (Wildman–Crippen LogP) is 2.39. The van der Waals surface area contributed by atoms with Crippen molar-refractivity contribution in [2.24, 2.45) is 4.99 Å². The van der Waals surface area contributed by atoms with E-state index in [9.17, 15) is 14.4 Å². The number of amidine groups is 1. The summed E-state index contributed by atoms with van der Waals surface area (Å²) in [6.45, 7) is 1.89. The normalized spacial score (nSPS) is 17.7. The fourth-order valence-corrected chi connectivity index (χ4v) is 3.41. The average Bonchev–Trinajstić information content (AvgIpc) is 2.67. The van der Waals surface area contributed by atoms with Gasteiger partial charge in [-0.05, 0) is 18.1 Å². The molecule has 0 spiro atoms. The first-order chi connectivity index (χ1) is 13.0. The molecule has 0 bridgehead atoms. The zero-order valence-corrected chi connectivity index (χ0v) is 15.5. The van der Waals surface area contributed by atoms with Crippen molar-refractivity contribution in [3.05, 3.63) is 71.8 Å². The number of carbonyl (C=O) groups excluding carboxylic acids is 3. The molecule has 3 amide bonds. The van der Waals surface area contributed by atoms with Gasteiger partial charge in [-0.2, -0.15) is 4.99 Å². The smallest absolute Gasteiger partial charge is 0.265 e. The van der Waals surface area contributed by atoms with Crippen LogP contribution >= 0.6 is 11.8 Å². The molecule has 1 aliphatic rings. The van der Waals surface area contributed by atoms with Gasteiger partial charge < -0.3 is 10.6 Å². The summed E-state index contributed by atoms with van der Waals surface area (Å²) in [7, 11) is 0. The predicted molar refractivity (Wildman–Crippen MR) is 105 cm³/mol. The minimum absolute atomic E-state index is 0.0551. The van der Waals surface area contributed by atoms with Gasteiger partial charge in [0, 0.05) is 0 Å². The monoisotopic (exact) mass is 381 g/mol. The van der Waals surface area contributed by atoms with E-state index < -0.39 is 17.7 Å². The topological polar surface area (TPSA) is 87.6 Å². The zero-order chi connectivity index (χ0) is 19.2. The lowest BCUT2D eigenvalue weighted by atomic mass is 9.97. The summed E-state index contributed by atoms with van der Waals surface area (Å²) in [6.07, 6.45) is 0. The van der Waals surface area contributed by atoms with E-state index in [1.54, 1.807) is 24.3 Å². The number of thioether (sulfide) groups is 1. The average molecular weight is 381 g/mol. The van der Waals surface area contributed by atoms with Crippen molar-refractivity contribution in [3.8, 4) is 0 Å². The van der Waals surface area contributed by atoms with Crippen LogP contribution in [0.5, 0.6) is 0 Å². The maximum Gasteiger partial charge on any atom is 0.265 e. The number of nitrogens with zero attached hydrogens (tertiary/aromatic N) is 1. The fourth-order valence-electron chi connectivity index (χ4n) is 2.73. The maximum absolute atomic E-state index is 12.3. The molecule has 0 radical (unpaired) electrons. The number of benzene rings is 2. The van der Waals surface area contributed by atoms with E-state index in [1.165, 1.54) is 0 Å². The Bertz CT molecular complexity index is 869. The van der Waals surface area contributed by atoms with Crippen LogP contribution in [0.3, 0.4) is 0 Å². The third kappa shape index (κ3) is 4.83. The molecule has 0 saturated heterocycles. The van der Waals surface area contributed by atoms with Gasteiger partial charge in [-0.25, -0.2) is 0 Å². The van der Waals surface area contributed by atoms with Crippen LogP contribution in [0.2, 0.25) is 0 Å². The molecule has 0 saturated carbocycles. The second-order valence-electron chi connectivity index (χ2n) is 6.08. The Morgan fingerprint density at radius 2 is 1.74 bits per heavy atom. The lowest BCUT2D eigenvalue weighted by Gasteiger charge is -2.20. The van der Waals surface area contributed by atoms with Crippen molar-refractivity contribution in [2.45, 2.75) is 18.9 Å². The summed E-state index contributed by atoms with van der Waals surface area (Å²) in [5.74, 6) is -2.04. The van der Waals surface area contributed by atoms with Crippen molar-refractivity contribution in [2.75, 3.05) is 5.75 Å². The Balaban J connectivity index is 1.56. The van der Waals surface area contributed by atoms with Gasteiger partial charge in [0.05, 0.1) is 11.8 Å². The van der Waals surface area contributed by atoms with Crippen molar-refractivity contribution >= 4 is 34.7 Å². The van der Waals surface area contributed by atoms with Crippen LogP contribution in [0.4, 0.5) is 0 Å². The first-order valence-electron chi connectivity index (χ1n) is 8.50. The molecule has 6 nitrogen and oxygen atoms in total. The Morgan fingerprint density at radius 3 is 2.37 bits per heavy atom. The Kier molecular flexibility index (Phi) is 6.03. The van der Waals surface area contributed by atoms with E-state index in [2.05, 4.69) is 15.6 Å². The molecule has 0 aromatic heterocycles. The van der Waals surface area contributed by atoms with Crippen LogP contribution < -0.4 is 10.6 Å². The summed E-state index contributed by atoms with van der Waals surface area (Å²) in [5.41, 5.74) is 1.60. The van der Waals surface area contributed by atoms with Crippen LogP contribution in [-0.2, 0) is 14.4 Å². The quantitative estimate of drug-likeness (QED) is 0.779. The van der Waals surface area contributed by atoms with E-state index in [0.29, 0.717) is 5.56 Å². The largest absolute Gasteiger partial charge is 0.349 e. The second-order valence-corrected chi connectivity index (χ2v) is 7.04. The highest BCUT2D eigenvalue weighted by Crippen LogP contribution is 2.22. The van der Waals surface area contributed by atoms with Gasteiger partial charge >= 0.3 is 0 Å². The molecule has 27 heavy (non-hydrogen) atoms. The number of hydrogen-bond acceptors (Lipinski definition) is 4. The fraction of sp³-hybridized carbons (Fsp3) is 0.200. The van der Waals surface area contributed by atoms with E-state index in [1.807, 2.05) is 43.3 Å². The highest BCUT2D eigenvalue weighted by atomic mass is 32.2. The first kappa shape index (κ1) is 18.8. The number of carbonyl (C=O) groups is 3. The summed E-state index contributed by atoms with van der Waals surface area (Å²) < 4.78 is 0. The van der Waals surface area contributed by atoms with Gasteiger partial charge in [-0.3, -0.25) is 14.4 Å². The van der Waals surface area contributed by atoms with Crippen molar-refractivity contribution in [1.29, 1.82) is 0 Å². The lowest BCUT2D eigenvalue weighted by molar-refractivity contribution is -0.129. The van der Waals surface area contributed by atoms with Gasteiger partial charge in [0.15, 0.2) is 5.17 Å². The van der Waals surface area contributed by atoms with Crippen LogP contribution in [0.25, 0.3) is 0 Å². The van der Waals surface area contributed by atoms with Crippen molar-refractivity contribution in [3.63, 3.8) is 0 Å². The van der Waals surface area contributed by atoms with E-state index in [-0.39, 0.29) is 22.9 Å². The molecular weight excluding hydrogens is 362 g/mol. The minimum Gasteiger partial charge on any atom is -0.349 e. The molecule has 0 unspecified atom stereocenters. The van der Waals surface area contributed by atoms with E-state index in [4.69, 9.17) is 0 Å². The Hall–Kier alpha value is -2.93. The molecule has 1 heterocycles. The second kappa shape index (κ2) is 8.64. The third-order valence-corrected chi connectivity index (χ3v) is 4.97. The van der Waals surface area contributed by atoms with E-state index >= 15 is 0 Å². The van der Waals surface area contributed by atoms with E-state index in [0.717, 1.165) is 17.3 Å². The highest BCUT2D eigenvalue weighted by molar-refractivity contribution is 8.14. The van der Waals surface area contributed by atoms with Crippen LogP contribution in [-0.4, -0.2) is 28.6 Å². The standard InChI is InChI=1S/C20H19N3O3S/c1-13(14-8-4-2-5-9-14)21-16(24)12-27-20-22-18(25)17(19(26)23-20)15-10-6-3-7-11-15/h2-11,13,17H,12H2,1H3,(H,21,24)(H,22,23,25,26)/t13-/m0/s1. The summed E-state index contributed by atoms with van der Waals surface area (Å²) in [5, 5.41) is 5.64. The van der Waals surface area contributed by atoms with Crippen LogP contribution in [0.15, 0.2) is 65.7 Å². The molecule has 2 aromatic rings. The molecular formula is C20H19N3O3S. The van der Waals surface area contributed by atoms with Crippen LogP contribution in [0.1, 0.15) is 30.0 Å². The van der Waals surface area contributed by atoms with Crippen LogP contribution in [0, 0.1) is 0 Å². The first-order valence-corrected chi connectivity index (χ1v) is 9.48. The molecule has 1 aliphatic heterocycles. The van der Waals surface area contributed by atoms with Gasteiger partial charge in [0.1, 0.15) is 5.92 Å². The van der Waals surface area contributed by atoms with Crippen molar-refractivity contribution in [1.82, 2.24) is 10.6 Å². The third-order valence-electron chi connectivity index (χ3n) is 4.10. The summed E-state index contributed by atoms with van der Waals surface area (Å²) >= 11 is 1.03. The molecule has 0 aliphatic carbocycles. The summed E-state index contributed by atoms with van der Waals surface area (Å²) in [4.78, 5) is 40.6. The number of amides is 3. The highest BCUT2D eigenvalue weighted by Gasteiger charge is 2.33. The molecule has 7 heteroatoms. The number of aliphatic imine (C=N–C) groups is 1. The Labute approximate surface area is 161 Å². The van der Waals surface area contributed by atoms with Gasteiger partial charge in [-0.15, -0.1) is 0 Å². The molecule has 2 aromatic carbocycles. The van der Waals surface area contributed by atoms with Crippen molar-refractivity contribution < 1.29 is 14.4 Å². The molecule has 0 fully saturated rings. The summed E-state index contributed by atoms with van der Waals surface area (Å²) in [6, 6.07) is 18.3. The van der Waals surface area contributed by atoms with Gasteiger partial charge in [0.2, 0.25) is 11.8 Å². The van der Waals surface area contributed by atoms with Gasteiger partial charge in [-0.1, -0.05) is 72.4 Å². The molecule has 3 rings (SSSR count). The lowest BCUT2D eigenvalue weighted by Crippen LogP contribution is -2.42. The Morgan fingerprint density at radius 1 is 1.11 bits per heavy atom. The number of nitrogens with one attached hydrogen (secondary N) is 2. The number of hydrogen-bond donors (Lipinski definition) is 2. The minimum atomic E-state index is -0.942. The number of rotatable bonds is 5. The molecule has 2 N–H and O–H groups in total. The molecule has 138 valence electrons. The maximum atomic E-state index is 12.3.